The fraction of sp³-hybridized carbons (Fsp3) is 0.222. The van der Waals surface area contributed by atoms with E-state index in [9.17, 15) is 13.2 Å². The second-order valence-corrected chi connectivity index (χ2v) is 6.97. The summed E-state index contributed by atoms with van der Waals surface area (Å²) in [5, 5.41) is 7.27. The zero-order valence-electron chi connectivity index (χ0n) is 16.6. The molecule has 0 aliphatic rings. The van der Waals surface area contributed by atoms with Crippen LogP contribution < -0.4 is 10.8 Å². The number of rotatable bonds is 6. The van der Waals surface area contributed by atoms with Crippen LogP contribution in [0.25, 0.3) is 16.7 Å². The molecule has 166 valence electrons. The van der Waals surface area contributed by atoms with Gasteiger partial charge in [0.2, 0.25) is 0 Å². The second-order valence-electron chi connectivity index (χ2n) is 6.53. The lowest BCUT2D eigenvalue weighted by Gasteiger charge is -2.17. The van der Waals surface area contributed by atoms with E-state index in [2.05, 4.69) is 40.8 Å². The Bertz CT molecular complexity index is 1260. The fourth-order valence-corrected chi connectivity index (χ4v) is 3.30. The molecule has 0 spiro atoms. The van der Waals surface area contributed by atoms with Crippen LogP contribution >= 0.6 is 11.6 Å². The van der Waals surface area contributed by atoms with E-state index in [1.807, 2.05) is 0 Å². The van der Waals surface area contributed by atoms with Gasteiger partial charge in [0.05, 0.1) is 24.2 Å². The van der Waals surface area contributed by atoms with Crippen LogP contribution in [0.2, 0.25) is 5.02 Å². The summed E-state index contributed by atoms with van der Waals surface area (Å²) in [6, 6.07) is 3.27. The minimum atomic E-state index is -4.62. The normalized spacial score (nSPS) is 12.7. The number of hydrogen-bond acceptors (Lipinski definition) is 9. The van der Waals surface area contributed by atoms with Gasteiger partial charge in [0.25, 0.3) is 0 Å². The van der Waals surface area contributed by atoms with Crippen LogP contribution in [0.15, 0.2) is 37.2 Å². The molecule has 0 fully saturated rings. The van der Waals surface area contributed by atoms with E-state index in [4.69, 9.17) is 16.4 Å². The van der Waals surface area contributed by atoms with Crippen LogP contribution in [0, 0.1) is 0 Å². The topological polar surface area (TPSA) is 116 Å². The SMILES string of the molecule is CONc1cc(-n2ncnc2[C@H](C)Nc2ncnc3c(C(F)(F)F)cc(Cl)cc23)ncn1. The van der Waals surface area contributed by atoms with Crippen molar-refractivity contribution in [1.29, 1.82) is 0 Å². The van der Waals surface area contributed by atoms with Gasteiger partial charge in [-0.3, -0.25) is 4.84 Å². The summed E-state index contributed by atoms with van der Waals surface area (Å²) in [7, 11) is 1.44. The molecule has 10 nitrogen and oxygen atoms in total. The van der Waals surface area contributed by atoms with Gasteiger partial charge in [-0.05, 0) is 19.1 Å². The summed E-state index contributed by atoms with van der Waals surface area (Å²) < 4.78 is 41.8. The maximum absolute atomic E-state index is 13.5. The Kier molecular flexibility index (Phi) is 5.76. The molecule has 0 unspecified atom stereocenters. The number of hydrogen-bond donors (Lipinski definition) is 2. The largest absolute Gasteiger partial charge is 0.418 e. The molecule has 0 bridgehead atoms. The molecule has 4 rings (SSSR count). The summed E-state index contributed by atoms with van der Waals surface area (Å²) in [5.41, 5.74) is 1.38. The van der Waals surface area contributed by atoms with Gasteiger partial charge in [-0.2, -0.15) is 23.0 Å². The molecule has 1 aromatic carbocycles. The number of aromatic nitrogens is 7. The van der Waals surface area contributed by atoms with Gasteiger partial charge in [-0.1, -0.05) is 11.6 Å². The van der Waals surface area contributed by atoms with Crippen molar-refractivity contribution < 1.29 is 18.0 Å². The predicted molar refractivity (Wildman–Crippen MR) is 109 cm³/mol. The van der Waals surface area contributed by atoms with Crippen LogP contribution in [-0.2, 0) is 11.0 Å². The van der Waals surface area contributed by atoms with Crippen molar-refractivity contribution in [2.24, 2.45) is 0 Å². The number of benzene rings is 1. The molecular weight excluding hydrogens is 451 g/mol. The quantitative estimate of drug-likeness (QED) is 0.410. The Labute approximate surface area is 183 Å². The molecule has 14 heteroatoms. The average molecular weight is 466 g/mol. The van der Waals surface area contributed by atoms with Crippen molar-refractivity contribution in [3.8, 4) is 5.82 Å². The van der Waals surface area contributed by atoms with Crippen LogP contribution in [0.1, 0.15) is 24.4 Å². The van der Waals surface area contributed by atoms with Crippen molar-refractivity contribution in [2.75, 3.05) is 17.9 Å². The van der Waals surface area contributed by atoms with Crippen LogP contribution in [0.5, 0.6) is 0 Å². The minimum absolute atomic E-state index is 0.0855. The van der Waals surface area contributed by atoms with E-state index in [0.717, 1.165) is 12.4 Å². The number of anilines is 2. The highest BCUT2D eigenvalue weighted by molar-refractivity contribution is 6.31. The van der Waals surface area contributed by atoms with E-state index >= 15 is 0 Å². The summed E-state index contributed by atoms with van der Waals surface area (Å²) in [6.45, 7) is 1.75. The highest BCUT2D eigenvalue weighted by Crippen LogP contribution is 2.38. The average Bonchev–Trinajstić information content (AvgIpc) is 3.24. The van der Waals surface area contributed by atoms with Gasteiger partial charge in [-0.15, -0.1) is 0 Å². The Morgan fingerprint density at radius 1 is 1.03 bits per heavy atom. The van der Waals surface area contributed by atoms with Gasteiger partial charge < -0.3 is 5.32 Å². The van der Waals surface area contributed by atoms with Gasteiger partial charge in [0.15, 0.2) is 17.5 Å². The van der Waals surface area contributed by atoms with Gasteiger partial charge in [-0.25, -0.2) is 30.4 Å². The van der Waals surface area contributed by atoms with Crippen molar-refractivity contribution in [2.45, 2.75) is 19.1 Å². The number of alkyl halides is 3. The summed E-state index contributed by atoms with van der Waals surface area (Å²) in [6.07, 6.45) is -0.922. The van der Waals surface area contributed by atoms with E-state index in [-0.39, 0.29) is 21.7 Å². The Morgan fingerprint density at radius 3 is 2.56 bits per heavy atom. The van der Waals surface area contributed by atoms with Gasteiger partial charge in [0, 0.05) is 16.5 Å². The monoisotopic (exact) mass is 465 g/mol. The smallest absolute Gasteiger partial charge is 0.360 e. The Morgan fingerprint density at radius 2 is 1.81 bits per heavy atom. The maximum Gasteiger partial charge on any atom is 0.418 e. The first-order chi connectivity index (χ1) is 15.3. The zero-order valence-corrected chi connectivity index (χ0v) is 17.3. The summed E-state index contributed by atoms with van der Waals surface area (Å²) >= 11 is 5.94. The predicted octanol–water partition coefficient (Wildman–Crippen LogP) is 3.82. The van der Waals surface area contributed by atoms with Gasteiger partial charge >= 0.3 is 6.18 Å². The third kappa shape index (κ3) is 4.24. The second kappa shape index (κ2) is 8.51. The highest BCUT2D eigenvalue weighted by atomic mass is 35.5. The van der Waals surface area contributed by atoms with Crippen molar-refractivity contribution in [3.63, 3.8) is 0 Å². The minimum Gasteiger partial charge on any atom is -0.360 e. The molecule has 0 saturated heterocycles. The van der Waals surface area contributed by atoms with E-state index in [0.29, 0.717) is 17.5 Å². The van der Waals surface area contributed by atoms with Crippen LogP contribution in [0.4, 0.5) is 24.8 Å². The van der Waals surface area contributed by atoms with Crippen molar-refractivity contribution in [3.05, 3.63) is 53.6 Å². The third-order valence-electron chi connectivity index (χ3n) is 4.40. The lowest BCUT2D eigenvalue weighted by molar-refractivity contribution is -0.136. The van der Waals surface area contributed by atoms with E-state index in [1.54, 1.807) is 13.0 Å². The van der Waals surface area contributed by atoms with Crippen molar-refractivity contribution in [1.82, 2.24) is 34.7 Å². The molecule has 0 radical (unpaired) electrons. The molecule has 0 amide bonds. The molecule has 0 aliphatic heterocycles. The molecular formula is C18H15ClF3N9O. The first-order valence-electron chi connectivity index (χ1n) is 9.07. The molecule has 0 aliphatic carbocycles. The molecule has 3 heterocycles. The maximum atomic E-state index is 13.5. The van der Waals surface area contributed by atoms with E-state index in [1.165, 1.54) is 30.5 Å². The molecule has 3 aromatic heterocycles. The van der Waals surface area contributed by atoms with Crippen molar-refractivity contribution >= 4 is 34.1 Å². The molecule has 32 heavy (non-hydrogen) atoms. The highest BCUT2D eigenvalue weighted by Gasteiger charge is 2.34. The lowest BCUT2D eigenvalue weighted by atomic mass is 10.1. The molecule has 2 N–H and O–H groups in total. The summed E-state index contributed by atoms with van der Waals surface area (Å²) in [4.78, 5) is 25.2. The van der Waals surface area contributed by atoms with Gasteiger partial charge in [0.1, 0.15) is 24.8 Å². The standard InChI is InChI=1S/C18H15ClF3N9O/c1-9(17-27-8-28-31(17)14-5-13(30-32-2)23-6-24-14)29-16-11-3-10(19)4-12(18(20,21)22)15(11)25-7-26-16/h3-9H,1-2H3,(H,23,24,30)(H,25,26,29)/t9-/m0/s1. The molecule has 4 aromatic rings. The molecule has 1 atom stereocenters. The van der Waals surface area contributed by atoms with Crippen LogP contribution in [0.3, 0.4) is 0 Å². The van der Waals surface area contributed by atoms with Crippen LogP contribution in [-0.4, -0.2) is 41.8 Å². The third-order valence-corrected chi connectivity index (χ3v) is 4.62. The zero-order chi connectivity index (χ0) is 22.9. The fourth-order valence-electron chi connectivity index (χ4n) is 3.08. The summed E-state index contributed by atoms with van der Waals surface area (Å²) in [5.74, 6) is 1.39. The first kappa shape index (κ1) is 21.6. The lowest BCUT2D eigenvalue weighted by Crippen LogP contribution is -2.16. The number of nitrogens with one attached hydrogen (secondary N) is 2. The first-order valence-corrected chi connectivity index (χ1v) is 9.45. The molecule has 0 saturated carbocycles. The number of fused-ring (bicyclic) bond motifs is 1. The number of halogens is 4. The number of nitrogens with zero attached hydrogens (tertiary/aromatic N) is 7. The Hall–Kier alpha value is -3.58. The van der Waals surface area contributed by atoms with E-state index < -0.39 is 17.8 Å². The Balaban J connectivity index is 1.71.